The lowest BCUT2D eigenvalue weighted by Crippen LogP contribution is -2.13. The zero-order chi connectivity index (χ0) is 14.8. The Morgan fingerprint density at radius 1 is 1.05 bits per heavy atom. The summed E-state index contributed by atoms with van der Waals surface area (Å²) in [5.41, 5.74) is 0.577. The molecule has 0 spiro atoms. The Hall–Kier alpha value is -1.74. The van der Waals surface area contributed by atoms with E-state index >= 15 is 0 Å². The average molecular weight is 327 g/mol. The van der Waals surface area contributed by atoms with Gasteiger partial charge in [-0.15, -0.1) is 0 Å². The van der Waals surface area contributed by atoms with E-state index in [9.17, 15) is 8.42 Å². The van der Waals surface area contributed by atoms with Crippen LogP contribution >= 0.6 is 23.2 Å². The lowest BCUT2D eigenvalue weighted by molar-refractivity contribution is 0.601. The highest BCUT2D eigenvalue weighted by molar-refractivity contribution is 7.92. The molecular weight excluding hydrogens is 319 g/mol. The van der Waals surface area contributed by atoms with E-state index in [-0.39, 0.29) is 15.6 Å². The maximum atomic E-state index is 12.2. The van der Waals surface area contributed by atoms with Crippen molar-refractivity contribution in [1.82, 2.24) is 0 Å². The number of hydrogen-bond acceptors (Lipinski definition) is 3. The molecule has 0 aliphatic heterocycles. The Morgan fingerprint density at radius 2 is 1.70 bits per heavy atom. The third kappa shape index (κ3) is 3.23. The number of nitriles is 1. The lowest BCUT2D eigenvalue weighted by atomic mass is 10.2. The standard InChI is InChI=1S/C13H8Cl2N2O2S/c14-10-3-6-12(15)13(7-10)17-20(18,19)11-4-1-9(8-16)2-5-11/h1-7,17H. The van der Waals surface area contributed by atoms with E-state index in [4.69, 9.17) is 28.5 Å². The molecule has 4 nitrogen and oxygen atoms in total. The minimum absolute atomic E-state index is 0.0348. The summed E-state index contributed by atoms with van der Waals surface area (Å²) in [5, 5.41) is 9.30. The molecule has 0 atom stereocenters. The lowest BCUT2D eigenvalue weighted by Gasteiger charge is -2.10. The molecule has 0 amide bonds. The van der Waals surface area contributed by atoms with Gasteiger partial charge in [-0.25, -0.2) is 8.42 Å². The molecule has 2 aromatic carbocycles. The average Bonchev–Trinajstić information content (AvgIpc) is 2.43. The molecule has 102 valence electrons. The topological polar surface area (TPSA) is 70.0 Å². The molecule has 0 fully saturated rings. The normalized spacial score (nSPS) is 10.8. The van der Waals surface area contributed by atoms with Crippen molar-refractivity contribution in [2.45, 2.75) is 4.90 Å². The van der Waals surface area contributed by atoms with Crippen LogP contribution in [0.25, 0.3) is 0 Å². The predicted molar refractivity (Wildman–Crippen MR) is 78.4 cm³/mol. The Labute approximate surface area is 126 Å². The summed E-state index contributed by atoms with van der Waals surface area (Å²) in [6, 6.07) is 11.9. The van der Waals surface area contributed by atoms with Gasteiger partial charge in [0.1, 0.15) is 0 Å². The molecule has 0 saturated heterocycles. The number of sulfonamides is 1. The van der Waals surface area contributed by atoms with Crippen LogP contribution in [0.2, 0.25) is 10.0 Å². The summed E-state index contributed by atoms with van der Waals surface area (Å²) in [7, 11) is -3.78. The third-order valence-corrected chi connectivity index (χ3v) is 4.41. The largest absolute Gasteiger partial charge is 0.278 e. The molecule has 0 aromatic heterocycles. The number of nitrogens with zero attached hydrogens (tertiary/aromatic N) is 1. The number of anilines is 1. The van der Waals surface area contributed by atoms with Gasteiger partial charge in [0.15, 0.2) is 0 Å². The first-order chi connectivity index (χ1) is 9.42. The second kappa shape index (κ2) is 5.71. The highest BCUT2D eigenvalue weighted by atomic mass is 35.5. The Kier molecular flexibility index (Phi) is 4.19. The van der Waals surface area contributed by atoms with Gasteiger partial charge in [0.25, 0.3) is 10.0 Å². The summed E-state index contributed by atoms with van der Waals surface area (Å²) in [5.74, 6) is 0. The van der Waals surface area contributed by atoms with Gasteiger partial charge in [-0.2, -0.15) is 5.26 Å². The van der Waals surface area contributed by atoms with Crippen LogP contribution in [0.1, 0.15) is 5.56 Å². The van der Waals surface area contributed by atoms with Gasteiger partial charge < -0.3 is 0 Å². The predicted octanol–water partition coefficient (Wildman–Crippen LogP) is 3.67. The van der Waals surface area contributed by atoms with Crippen LogP contribution in [0.4, 0.5) is 5.69 Å². The molecule has 0 aliphatic carbocycles. The maximum Gasteiger partial charge on any atom is 0.261 e. The fourth-order valence-electron chi connectivity index (χ4n) is 1.49. The van der Waals surface area contributed by atoms with Crippen LogP contribution in [0.3, 0.4) is 0 Å². The van der Waals surface area contributed by atoms with Crippen LogP contribution < -0.4 is 4.72 Å². The maximum absolute atomic E-state index is 12.2. The van der Waals surface area contributed by atoms with E-state index in [1.807, 2.05) is 6.07 Å². The summed E-state index contributed by atoms with van der Waals surface area (Å²) >= 11 is 11.7. The summed E-state index contributed by atoms with van der Waals surface area (Å²) in [6.07, 6.45) is 0. The Morgan fingerprint density at radius 3 is 2.30 bits per heavy atom. The van der Waals surface area contributed by atoms with Crippen molar-refractivity contribution >= 4 is 38.9 Å². The van der Waals surface area contributed by atoms with Crippen molar-refractivity contribution in [2.24, 2.45) is 0 Å². The molecule has 0 unspecified atom stereocenters. The number of nitrogens with one attached hydrogen (secondary N) is 1. The molecule has 2 rings (SSSR count). The van der Waals surface area contributed by atoms with Gasteiger partial charge in [0, 0.05) is 5.02 Å². The first-order valence-electron chi connectivity index (χ1n) is 5.40. The minimum atomic E-state index is -3.78. The third-order valence-electron chi connectivity index (χ3n) is 2.47. The number of hydrogen-bond donors (Lipinski definition) is 1. The molecule has 0 aliphatic rings. The Bertz CT molecular complexity index is 781. The van der Waals surface area contributed by atoms with Crippen LogP contribution in [0.15, 0.2) is 47.4 Å². The monoisotopic (exact) mass is 326 g/mol. The highest BCUT2D eigenvalue weighted by Gasteiger charge is 2.15. The zero-order valence-corrected chi connectivity index (χ0v) is 12.3. The SMILES string of the molecule is N#Cc1ccc(S(=O)(=O)Nc2cc(Cl)ccc2Cl)cc1. The Balaban J connectivity index is 2.35. The van der Waals surface area contributed by atoms with Crippen LogP contribution in [-0.4, -0.2) is 8.42 Å². The molecule has 0 bridgehead atoms. The number of benzene rings is 2. The molecule has 0 heterocycles. The summed E-state index contributed by atoms with van der Waals surface area (Å²) in [4.78, 5) is 0.0348. The molecule has 20 heavy (non-hydrogen) atoms. The van der Waals surface area contributed by atoms with Crippen molar-refractivity contribution in [3.63, 3.8) is 0 Å². The fourth-order valence-corrected chi connectivity index (χ4v) is 2.95. The summed E-state index contributed by atoms with van der Waals surface area (Å²) < 4.78 is 26.7. The first-order valence-corrected chi connectivity index (χ1v) is 7.64. The van der Waals surface area contributed by atoms with Gasteiger partial charge in [0.2, 0.25) is 0 Å². The van der Waals surface area contributed by atoms with E-state index in [2.05, 4.69) is 4.72 Å². The van der Waals surface area contributed by atoms with Gasteiger partial charge in [-0.05, 0) is 42.5 Å². The molecular formula is C13H8Cl2N2O2S. The van der Waals surface area contributed by atoms with E-state index in [0.717, 1.165) is 0 Å². The summed E-state index contributed by atoms with van der Waals surface area (Å²) in [6.45, 7) is 0. The van der Waals surface area contributed by atoms with Crippen molar-refractivity contribution in [2.75, 3.05) is 4.72 Å². The second-order valence-electron chi connectivity index (χ2n) is 3.87. The van der Waals surface area contributed by atoms with Gasteiger partial charge in [0.05, 0.1) is 27.2 Å². The molecule has 0 radical (unpaired) electrons. The second-order valence-corrected chi connectivity index (χ2v) is 6.39. The molecule has 0 saturated carbocycles. The van der Waals surface area contributed by atoms with Crippen molar-refractivity contribution < 1.29 is 8.42 Å². The molecule has 7 heteroatoms. The minimum Gasteiger partial charge on any atom is -0.278 e. The van der Waals surface area contributed by atoms with E-state index < -0.39 is 10.0 Å². The number of rotatable bonds is 3. The smallest absolute Gasteiger partial charge is 0.261 e. The van der Waals surface area contributed by atoms with Gasteiger partial charge in [-0.3, -0.25) is 4.72 Å². The molecule has 2 aromatic rings. The quantitative estimate of drug-likeness (QED) is 0.935. The first kappa shape index (κ1) is 14.7. The van der Waals surface area contributed by atoms with Crippen LogP contribution in [-0.2, 0) is 10.0 Å². The number of halogens is 2. The van der Waals surface area contributed by atoms with Crippen LogP contribution in [0, 0.1) is 11.3 Å². The van der Waals surface area contributed by atoms with Crippen molar-refractivity contribution in [3.8, 4) is 6.07 Å². The van der Waals surface area contributed by atoms with Crippen molar-refractivity contribution in [1.29, 1.82) is 5.26 Å². The van der Waals surface area contributed by atoms with Crippen molar-refractivity contribution in [3.05, 3.63) is 58.1 Å². The zero-order valence-electron chi connectivity index (χ0n) is 9.97. The van der Waals surface area contributed by atoms with Crippen LogP contribution in [0.5, 0.6) is 0 Å². The molecule has 1 N–H and O–H groups in total. The fraction of sp³-hybridized carbons (Fsp3) is 0. The van der Waals surface area contributed by atoms with Gasteiger partial charge >= 0.3 is 0 Å². The van der Waals surface area contributed by atoms with E-state index in [1.54, 1.807) is 6.07 Å². The van der Waals surface area contributed by atoms with Gasteiger partial charge in [-0.1, -0.05) is 23.2 Å². The van der Waals surface area contributed by atoms with E-state index in [0.29, 0.717) is 10.6 Å². The van der Waals surface area contributed by atoms with E-state index in [1.165, 1.54) is 36.4 Å². The highest BCUT2D eigenvalue weighted by Crippen LogP contribution is 2.27.